The zero-order valence-electron chi connectivity index (χ0n) is 17.8. The van der Waals surface area contributed by atoms with E-state index in [-0.39, 0.29) is 38.8 Å². The summed E-state index contributed by atoms with van der Waals surface area (Å²) in [5.41, 5.74) is 1.66. The van der Waals surface area contributed by atoms with Crippen LogP contribution < -0.4 is 15.2 Å². The molecule has 7 nitrogen and oxygen atoms in total. The van der Waals surface area contributed by atoms with E-state index < -0.39 is 11.8 Å². The van der Waals surface area contributed by atoms with E-state index in [4.69, 9.17) is 27.9 Å². The molecular weight excluding hydrogens is 453 g/mol. The van der Waals surface area contributed by atoms with Crippen molar-refractivity contribution >= 4 is 40.7 Å². The molecule has 1 aliphatic rings. The number of fused-ring (bicyclic) bond motifs is 1. The maximum absolute atomic E-state index is 12.9. The monoisotopic (exact) mass is 471 g/mol. The van der Waals surface area contributed by atoms with Crippen LogP contribution in [0.5, 0.6) is 11.6 Å². The minimum atomic E-state index is -0.448. The summed E-state index contributed by atoms with van der Waals surface area (Å²) < 4.78 is 7.04. The highest BCUT2D eigenvalue weighted by Crippen LogP contribution is 2.44. The van der Waals surface area contributed by atoms with Crippen molar-refractivity contribution in [3.8, 4) is 11.6 Å². The fraction of sp³-hybridized carbons (Fsp3) is 0.217. The number of nitrogens with zero attached hydrogens (tertiary/aromatic N) is 3. The van der Waals surface area contributed by atoms with Crippen molar-refractivity contribution in [2.45, 2.75) is 26.7 Å². The SMILES string of the molecule is Cc1c(N2C(=O)c3ccccc3C2=O)cc(Cl)c(Oc2cc(C(C)C)c(=O)n(C)n2)c1Cl. The minimum Gasteiger partial charge on any atom is -0.434 e. The Morgan fingerprint density at radius 1 is 1.00 bits per heavy atom. The molecule has 0 unspecified atom stereocenters. The average molecular weight is 472 g/mol. The van der Waals surface area contributed by atoms with Crippen LogP contribution in [-0.2, 0) is 7.05 Å². The van der Waals surface area contributed by atoms with Gasteiger partial charge in [-0.15, -0.1) is 5.10 Å². The Labute approximate surface area is 194 Å². The molecule has 0 aliphatic carbocycles. The first-order valence-electron chi connectivity index (χ1n) is 9.84. The van der Waals surface area contributed by atoms with Crippen LogP contribution in [0.25, 0.3) is 0 Å². The van der Waals surface area contributed by atoms with Gasteiger partial charge in [0.2, 0.25) is 5.88 Å². The maximum atomic E-state index is 12.9. The topological polar surface area (TPSA) is 81.5 Å². The highest BCUT2D eigenvalue weighted by molar-refractivity contribution is 6.40. The minimum absolute atomic E-state index is 0.0390. The van der Waals surface area contributed by atoms with Crippen LogP contribution in [0.15, 0.2) is 41.2 Å². The first-order chi connectivity index (χ1) is 15.1. The molecule has 164 valence electrons. The standard InChI is InChI=1S/C23H19Cl2N3O4/c1-11(2)15-9-18(26-27(4)21(15)29)32-20-16(24)10-17(12(3)19(20)25)28-22(30)13-7-5-6-8-14(13)23(28)31/h5-11H,1-4H3. The van der Waals surface area contributed by atoms with Crippen LogP contribution in [0.3, 0.4) is 0 Å². The lowest BCUT2D eigenvalue weighted by Crippen LogP contribution is -2.30. The summed E-state index contributed by atoms with van der Waals surface area (Å²) in [7, 11) is 1.53. The van der Waals surface area contributed by atoms with Crippen molar-refractivity contribution in [3.63, 3.8) is 0 Å². The third-order valence-corrected chi connectivity index (χ3v) is 6.06. The van der Waals surface area contributed by atoms with Gasteiger partial charge in [0.25, 0.3) is 17.4 Å². The molecular formula is C23H19Cl2N3O4. The number of halogens is 2. The van der Waals surface area contributed by atoms with Crippen molar-refractivity contribution in [2.75, 3.05) is 4.90 Å². The number of anilines is 1. The lowest BCUT2D eigenvalue weighted by Gasteiger charge is -2.20. The Balaban J connectivity index is 1.77. The van der Waals surface area contributed by atoms with Crippen LogP contribution in [0.4, 0.5) is 5.69 Å². The molecule has 0 N–H and O–H groups in total. The molecule has 0 saturated carbocycles. The van der Waals surface area contributed by atoms with Gasteiger partial charge < -0.3 is 4.74 Å². The summed E-state index contributed by atoms with van der Waals surface area (Å²) in [6.07, 6.45) is 0. The van der Waals surface area contributed by atoms with Crippen LogP contribution in [0.1, 0.15) is 51.6 Å². The molecule has 4 rings (SSSR count). The van der Waals surface area contributed by atoms with Crippen LogP contribution in [0.2, 0.25) is 10.0 Å². The van der Waals surface area contributed by atoms with Gasteiger partial charge in [-0.25, -0.2) is 9.58 Å². The van der Waals surface area contributed by atoms with Crippen LogP contribution in [0, 0.1) is 6.92 Å². The lowest BCUT2D eigenvalue weighted by atomic mass is 10.1. The highest BCUT2D eigenvalue weighted by Gasteiger charge is 2.38. The number of carbonyl (C=O) groups is 2. The Kier molecular flexibility index (Phi) is 5.56. The Hall–Kier alpha value is -3.16. The van der Waals surface area contributed by atoms with Crippen molar-refractivity contribution < 1.29 is 14.3 Å². The molecule has 0 spiro atoms. The van der Waals surface area contributed by atoms with Gasteiger partial charge in [0, 0.05) is 18.7 Å². The predicted molar refractivity (Wildman–Crippen MR) is 122 cm³/mol. The van der Waals surface area contributed by atoms with E-state index >= 15 is 0 Å². The number of ether oxygens (including phenoxy) is 1. The van der Waals surface area contributed by atoms with Gasteiger partial charge in [0.05, 0.1) is 26.9 Å². The third kappa shape index (κ3) is 3.47. The molecule has 0 bridgehead atoms. The fourth-order valence-corrected chi connectivity index (χ4v) is 4.11. The molecule has 2 heterocycles. The van der Waals surface area contributed by atoms with Crippen LogP contribution in [-0.4, -0.2) is 21.6 Å². The molecule has 0 saturated heterocycles. The molecule has 0 atom stereocenters. The number of carbonyl (C=O) groups excluding carboxylic acids is 2. The normalized spacial score (nSPS) is 13.2. The van der Waals surface area contributed by atoms with Crippen molar-refractivity contribution in [2.24, 2.45) is 7.05 Å². The quantitative estimate of drug-likeness (QED) is 0.493. The van der Waals surface area contributed by atoms with E-state index in [0.717, 1.165) is 4.90 Å². The number of amides is 2. The van der Waals surface area contributed by atoms with E-state index in [9.17, 15) is 14.4 Å². The number of aromatic nitrogens is 2. The molecule has 2 amide bonds. The van der Waals surface area contributed by atoms with Gasteiger partial charge in [-0.05, 0) is 36.6 Å². The molecule has 0 radical (unpaired) electrons. The van der Waals surface area contributed by atoms with E-state index in [1.165, 1.54) is 17.8 Å². The van der Waals surface area contributed by atoms with Gasteiger partial charge in [0.15, 0.2) is 5.75 Å². The molecule has 1 aliphatic heterocycles. The molecule has 32 heavy (non-hydrogen) atoms. The Bertz CT molecular complexity index is 1310. The molecule has 3 aromatic rings. The first kappa shape index (κ1) is 22.0. The van der Waals surface area contributed by atoms with E-state index in [1.807, 2.05) is 13.8 Å². The number of imide groups is 1. The summed E-state index contributed by atoms with van der Waals surface area (Å²) in [4.78, 5) is 39.1. The Morgan fingerprint density at radius 3 is 2.16 bits per heavy atom. The number of hydrogen-bond acceptors (Lipinski definition) is 5. The number of benzene rings is 2. The highest BCUT2D eigenvalue weighted by atomic mass is 35.5. The summed E-state index contributed by atoms with van der Waals surface area (Å²) in [6, 6.07) is 9.61. The second kappa shape index (κ2) is 8.07. The first-order valence-corrected chi connectivity index (χ1v) is 10.6. The van der Waals surface area contributed by atoms with Gasteiger partial charge in [-0.1, -0.05) is 49.2 Å². The van der Waals surface area contributed by atoms with Crippen molar-refractivity contribution in [1.29, 1.82) is 0 Å². The van der Waals surface area contributed by atoms with Crippen LogP contribution >= 0.6 is 23.2 Å². The second-order valence-corrected chi connectivity index (χ2v) is 8.55. The third-order valence-electron chi connectivity index (χ3n) is 5.33. The van der Waals surface area contributed by atoms with E-state index in [2.05, 4.69) is 5.10 Å². The number of rotatable bonds is 4. The zero-order valence-corrected chi connectivity index (χ0v) is 19.3. The van der Waals surface area contributed by atoms with Gasteiger partial charge in [0.1, 0.15) is 0 Å². The number of aryl methyl sites for hydroxylation is 1. The van der Waals surface area contributed by atoms with Crippen molar-refractivity contribution in [1.82, 2.24) is 9.78 Å². The fourth-order valence-electron chi connectivity index (χ4n) is 3.59. The second-order valence-electron chi connectivity index (χ2n) is 7.76. The summed E-state index contributed by atoms with van der Waals surface area (Å²) in [5, 5.41) is 4.34. The predicted octanol–water partition coefficient (Wildman–Crippen LogP) is 5.11. The maximum Gasteiger partial charge on any atom is 0.270 e. The average Bonchev–Trinajstić information content (AvgIpc) is 3.01. The van der Waals surface area contributed by atoms with E-state index in [1.54, 1.807) is 37.3 Å². The molecule has 9 heteroatoms. The molecule has 1 aromatic heterocycles. The summed E-state index contributed by atoms with van der Waals surface area (Å²) >= 11 is 13.0. The molecule has 2 aromatic carbocycles. The van der Waals surface area contributed by atoms with Gasteiger partial charge >= 0.3 is 0 Å². The summed E-state index contributed by atoms with van der Waals surface area (Å²) in [5.74, 6) is -0.672. The zero-order chi connectivity index (χ0) is 23.3. The van der Waals surface area contributed by atoms with Gasteiger partial charge in [-0.2, -0.15) is 0 Å². The van der Waals surface area contributed by atoms with Gasteiger partial charge in [-0.3, -0.25) is 14.4 Å². The van der Waals surface area contributed by atoms with E-state index in [0.29, 0.717) is 22.3 Å². The summed E-state index contributed by atoms with van der Waals surface area (Å²) in [6.45, 7) is 5.45. The number of hydrogen-bond donors (Lipinski definition) is 0. The largest absolute Gasteiger partial charge is 0.434 e. The molecule has 0 fully saturated rings. The van der Waals surface area contributed by atoms with Crippen molar-refractivity contribution in [3.05, 3.63) is 79.1 Å². The Morgan fingerprint density at radius 2 is 1.59 bits per heavy atom. The lowest BCUT2D eigenvalue weighted by molar-refractivity contribution is 0.0926. The smallest absolute Gasteiger partial charge is 0.270 e.